The number of nitrogens with zero attached hydrogens (tertiary/aromatic N) is 3. The zero-order valence-electron chi connectivity index (χ0n) is 11.8. The molecule has 1 fully saturated rings. The topological polar surface area (TPSA) is 89.2 Å². The summed E-state index contributed by atoms with van der Waals surface area (Å²) in [5, 5.41) is 21.0. The second-order valence-electron chi connectivity index (χ2n) is 4.79. The Hall–Kier alpha value is -2.57. The predicted octanol–water partition coefficient (Wildman–Crippen LogP) is 1.09. The van der Waals surface area contributed by atoms with Crippen molar-refractivity contribution in [3.05, 3.63) is 29.3 Å². The SMILES string of the molecule is CC(Nc1ccc(C#N)c(C#N)c1)C(=O)N1CCOCC1. The summed E-state index contributed by atoms with van der Waals surface area (Å²) >= 11 is 0. The number of benzene rings is 1. The van der Waals surface area contributed by atoms with Gasteiger partial charge in [0.25, 0.3) is 0 Å². The normalized spacial score (nSPS) is 15.7. The van der Waals surface area contributed by atoms with E-state index in [0.29, 0.717) is 43.1 Å². The molecular formula is C15H16N4O2. The van der Waals surface area contributed by atoms with Gasteiger partial charge in [-0.2, -0.15) is 10.5 Å². The van der Waals surface area contributed by atoms with Crippen LogP contribution in [0.1, 0.15) is 18.1 Å². The fraction of sp³-hybridized carbons (Fsp3) is 0.400. The Labute approximate surface area is 123 Å². The third-order valence-corrected chi connectivity index (χ3v) is 3.34. The highest BCUT2D eigenvalue weighted by Crippen LogP contribution is 2.16. The second-order valence-corrected chi connectivity index (χ2v) is 4.79. The Morgan fingerprint density at radius 2 is 1.95 bits per heavy atom. The van der Waals surface area contributed by atoms with Gasteiger partial charge in [0.2, 0.25) is 5.91 Å². The van der Waals surface area contributed by atoms with Crippen LogP contribution in [0.2, 0.25) is 0 Å². The van der Waals surface area contributed by atoms with Crippen LogP contribution in [0.4, 0.5) is 5.69 Å². The first kappa shape index (κ1) is 14.8. The Kier molecular flexibility index (Phi) is 4.76. The first-order valence-corrected chi connectivity index (χ1v) is 6.73. The molecule has 1 N–H and O–H groups in total. The van der Waals surface area contributed by atoms with E-state index in [1.165, 1.54) is 0 Å². The standard InChI is InChI=1S/C15H16N4O2/c1-11(15(20)19-4-6-21-7-5-19)18-14-3-2-12(9-16)13(8-14)10-17/h2-3,8,11,18H,4-7H2,1H3. The summed E-state index contributed by atoms with van der Waals surface area (Å²) in [7, 11) is 0. The number of rotatable bonds is 3. The maximum absolute atomic E-state index is 12.3. The molecule has 1 unspecified atom stereocenters. The Morgan fingerprint density at radius 3 is 2.57 bits per heavy atom. The molecule has 0 bridgehead atoms. The molecule has 21 heavy (non-hydrogen) atoms. The van der Waals surface area contributed by atoms with Crippen LogP contribution in [0, 0.1) is 22.7 Å². The van der Waals surface area contributed by atoms with Crippen molar-refractivity contribution in [3.63, 3.8) is 0 Å². The number of morpholine rings is 1. The summed E-state index contributed by atoms with van der Waals surface area (Å²) in [4.78, 5) is 14.0. The third kappa shape index (κ3) is 3.50. The van der Waals surface area contributed by atoms with Crippen LogP contribution < -0.4 is 5.32 Å². The third-order valence-electron chi connectivity index (χ3n) is 3.34. The minimum Gasteiger partial charge on any atom is -0.378 e. The molecule has 1 heterocycles. The fourth-order valence-corrected chi connectivity index (χ4v) is 2.19. The summed E-state index contributed by atoms with van der Waals surface area (Å²) in [6.07, 6.45) is 0. The number of ether oxygens (including phenoxy) is 1. The predicted molar refractivity (Wildman–Crippen MR) is 76.4 cm³/mol. The average Bonchev–Trinajstić information content (AvgIpc) is 2.54. The first-order valence-electron chi connectivity index (χ1n) is 6.73. The quantitative estimate of drug-likeness (QED) is 0.897. The van der Waals surface area contributed by atoms with Crippen molar-refractivity contribution >= 4 is 11.6 Å². The van der Waals surface area contributed by atoms with Crippen LogP contribution in [0.25, 0.3) is 0 Å². The van der Waals surface area contributed by atoms with Gasteiger partial charge in [-0.25, -0.2) is 0 Å². The van der Waals surface area contributed by atoms with E-state index in [4.69, 9.17) is 15.3 Å². The number of carbonyl (C=O) groups is 1. The lowest BCUT2D eigenvalue weighted by Gasteiger charge is -2.29. The van der Waals surface area contributed by atoms with Gasteiger partial charge in [0.1, 0.15) is 18.2 Å². The van der Waals surface area contributed by atoms with Crippen molar-refractivity contribution in [2.24, 2.45) is 0 Å². The lowest BCUT2D eigenvalue weighted by atomic mass is 10.1. The van der Waals surface area contributed by atoms with E-state index in [0.717, 1.165) is 0 Å². The maximum atomic E-state index is 12.3. The Morgan fingerprint density at radius 1 is 1.29 bits per heavy atom. The van der Waals surface area contributed by atoms with Gasteiger partial charge >= 0.3 is 0 Å². The molecule has 1 aromatic carbocycles. The Bertz CT molecular complexity index is 609. The van der Waals surface area contributed by atoms with Gasteiger partial charge in [-0.3, -0.25) is 4.79 Å². The number of nitrogens with one attached hydrogen (secondary N) is 1. The van der Waals surface area contributed by atoms with Crippen LogP contribution >= 0.6 is 0 Å². The van der Waals surface area contributed by atoms with Crippen molar-refractivity contribution in [1.29, 1.82) is 10.5 Å². The van der Waals surface area contributed by atoms with Crippen LogP contribution in [0.15, 0.2) is 18.2 Å². The van der Waals surface area contributed by atoms with Crippen molar-refractivity contribution < 1.29 is 9.53 Å². The largest absolute Gasteiger partial charge is 0.378 e. The molecule has 108 valence electrons. The van der Waals surface area contributed by atoms with E-state index in [2.05, 4.69) is 5.32 Å². The molecule has 0 radical (unpaired) electrons. The van der Waals surface area contributed by atoms with Gasteiger partial charge < -0.3 is 15.0 Å². The van der Waals surface area contributed by atoms with Gasteiger partial charge in [-0.15, -0.1) is 0 Å². The zero-order chi connectivity index (χ0) is 15.2. The molecule has 1 saturated heterocycles. The molecule has 1 amide bonds. The van der Waals surface area contributed by atoms with Gasteiger partial charge in [-0.1, -0.05) is 0 Å². The lowest BCUT2D eigenvalue weighted by Crippen LogP contribution is -2.47. The van der Waals surface area contributed by atoms with Crippen molar-refractivity contribution in [2.75, 3.05) is 31.6 Å². The number of hydrogen-bond donors (Lipinski definition) is 1. The van der Waals surface area contributed by atoms with Crippen LogP contribution in [-0.4, -0.2) is 43.2 Å². The minimum atomic E-state index is -0.400. The van der Waals surface area contributed by atoms with E-state index < -0.39 is 6.04 Å². The summed E-state index contributed by atoms with van der Waals surface area (Å²) in [5.74, 6) is 0.00108. The summed E-state index contributed by atoms with van der Waals surface area (Å²) in [6.45, 7) is 4.10. The van der Waals surface area contributed by atoms with Crippen molar-refractivity contribution in [1.82, 2.24) is 4.90 Å². The molecular weight excluding hydrogens is 268 g/mol. The number of amides is 1. The van der Waals surface area contributed by atoms with Crippen molar-refractivity contribution in [2.45, 2.75) is 13.0 Å². The van der Waals surface area contributed by atoms with E-state index in [-0.39, 0.29) is 5.91 Å². The molecule has 6 heteroatoms. The van der Waals surface area contributed by atoms with E-state index in [1.807, 2.05) is 12.1 Å². The highest BCUT2D eigenvalue weighted by atomic mass is 16.5. The van der Waals surface area contributed by atoms with Gasteiger partial charge in [0, 0.05) is 18.8 Å². The highest BCUT2D eigenvalue weighted by molar-refractivity contribution is 5.84. The molecule has 1 aliphatic rings. The maximum Gasteiger partial charge on any atom is 0.244 e. The highest BCUT2D eigenvalue weighted by Gasteiger charge is 2.22. The van der Waals surface area contributed by atoms with E-state index >= 15 is 0 Å². The summed E-state index contributed by atoms with van der Waals surface area (Å²) < 4.78 is 5.22. The number of nitriles is 2. The van der Waals surface area contributed by atoms with Crippen LogP contribution in [-0.2, 0) is 9.53 Å². The van der Waals surface area contributed by atoms with Gasteiger partial charge in [0.15, 0.2) is 0 Å². The number of anilines is 1. The molecule has 0 aliphatic carbocycles. The molecule has 1 aliphatic heterocycles. The smallest absolute Gasteiger partial charge is 0.244 e. The van der Waals surface area contributed by atoms with E-state index in [9.17, 15) is 4.79 Å². The molecule has 1 aromatic rings. The summed E-state index contributed by atoms with van der Waals surface area (Å²) in [6, 6.07) is 8.40. The van der Waals surface area contributed by atoms with Gasteiger partial charge in [-0.05, 0) is 25.1 Å². The van der Waals surface area contributed by atoms with Gasteiger partial charge in [0.05, 0.1) is 24.3 Å². The number of hydrogen-bond acceptors (Lipinski definition) is 5. The first-order chi connectivity index (χ1) is 10.2. The van der Waals surface area contributed by atoms with Crippen LogP contribution in [0.3, 0.4) is 0 Å². The average molecular weight is 284 g/mol. The molecule has 1 atom stereocenters. The second kappa shape index (κ2) is 6.74. The Balaban J connectivity index is 2.05. The molecule has 0 aromatic heterocycles. The molecule has 0 saturated carbocycles. The minimum absolute atomic E-state index is 0.00108. The monoisotopic (exact) mass is 284 g/mol. The lowest BCUT2D eigenvalue weighted by molar-refractivity contribution is -0.135. The molecule has 0 spiro atoms. The summed E-state index contributed by atoms with van der Waals surface area (Å²) in [5.41, 5.74) is 1.28. The zero-order valence-corrected chi connectivity index (χ0v) is 11.8. The molecule has 6 nitrogen and oxygen atoms in total. The van der Waals surface area contributed by atoms with E-state index in [1.54, 1.807) is 30.0 Å². The molecule has 2 rings (SSSR count). The number of carbonyl (C=O) groups excluding carboxylic acids is 1. The van der Waals surface area contributed by atoms with Crippen molar-refractivity contribution in [3.8, 4) is 12.1 Å². The van der Waals surface area contributed by atoms with Crippen LogP contribution in [0.5, 0.6) is 0 Å². The fourth-order valence-electron chi connectivity index (χ4n) is 2.19.